The minimum Gasteiger partial charge on any atom is -0.403 e. The molecule has 1 saturated carbocycles. The molecular formula is C21H24F4O. The number of alkyl halides is 3. The Morgan fingerprint density at radius 3 is 2.42 bits per heavy atom. The van der Waals surface area contributed by atoms with Crippen LogP contribution in [-0.2, 0) is 0 Å². The summed E-state index contributed by atoms with van der Waals surface area (Å²) in [4.78, 5) is 0. The first-order valence-corrected chi connectivity index (χ1v) is 9.35. The molecule has 5 heteroatoms. The summed E-state index contributed by atoms with van der Waals surface area (Å²) in [5, 5.41) is 0.773. The van der Waals surface area contributed by atoms with Crippen LogP contribution in [0.25, 0.3) is 10.8 Å². The van der Waals surface area contributed by atoms with Crippen molar-refractivity contribution in [3.63, 3.8) is 0 Å². The van der Waals surface area contributed by atoms with Crippen molar-refractivity contribution >= 4 is 10.8 Å². The Balaban J connectivity index is 1.75. The van der Waals surface area contributed by atoms with E-state index in [1.807, 2.05) is 12.1 Å². The van der Waals surface area contributed by atoms with Crippen LogP contribution in [-0.4, -0.2) is 6.36 Å². The fraction of sp³-hybridized carbons (Fsp3) is 0.524. The summed E-state index contributed by atoms with van der Waals surface area (Å²) in [6.07, 6.45) is 3.60. The monoisotopic (exact) mass is 368 g/mol. The molecule has 2 aromatic rings. The van der Waals surface area contributed by atoms with Gasteiger partial charge in [0.1, 0.15) is 0 Å². The molecule has 26 heavy (non-hydrogen) atoms. The van der Waals surface area contributed by atoms with Crippen LogP contribution in [0.5, 0.6) is 5.75 Å². The lowest BCUT2D eigenvalue weighted by Crippen LogP contribution is -2.18. The molecule has 0 aliphatic heterocycles. The second kappa shape index (κ2) is 7.85. The molecule has 1 fully saturated rings. The predicted molar refractivity (Wildman–Crippen MR) is 94.8 cm³/mol. The Labute approximate surface area is 151 Å². The van der Waals surface area contributed by atoms with Gasteiger partial charge in [-0.15, -0.1) is 13.2 Å². The van der Waals surface area contributed by atoms with Crippen molar-refractivity contribution in [1.82, 2.24) is 0 Å². The SMILES string of the molecule is CCCCC1CCC(c2ccc3c(F)c(OC(F)(F)F)ccc3c2)CC1. The number of benzene rings is 2. The minimum atomic E-state index is -4.90. The van der Waals surface area contributed by atoms with Crippen LogP contribution in [0, 0.1) is 11.7 Å². The standard InChI is InChI=1S/C21H24F4O/c1-2-3-4-14-5-7-15(8-6-14)16-9-11-18-17(13-16)10-12-19(20(18)22)26-21(23,24)25/h9-15H,2-8H2,1H3. The Morgan fingerprint density at radius 1 is 1.04 bits per heavy atom. The highest BCUT2D eigenvalue weighted by Crippen LogP contribution is 2.39. The van der Waals surface area contributed by atoms with Crippen molar-refractivity contribution in [1.29, 1.82) is 0 Å². The molecule has 1 aliphatic rings. The van der Waals surface area contributed by atoms with E-state index in [-0.39, 0.29) is 5.39 Å². The summed E-state index contributed by atoms with van der Waals surface area (Å²) < 4.78 is 55.1. The Bertz CT molecular complexity index is 745. The average molecular weight is 368 g/mol. The maximum atomic E-state index is 14.3. The quantitative estimate of drug-likeness (QED) is 0.502. The van der Waals surface area contributed by atoms with E-state index < -0.39 is 17.9 Å². The molecule has 0 spiro atoms. The molecule has 0 bridgehead atoms. The first-order valence-electron chi connectivity index (χ1n) is 9.35. The number of hydrogen-bond donors (Lipinski definition) is 0. The second-order valence-electron chi connectivity index (χ2n) is 7.27. The lowest BCUT2D eigenvalue weighted by Gasteiger charge is -2.29. The first-order chi connectivity index (χ1) is 12.4. The Kier molecular flexibility index (Phi) is 5.73. The highest BCUT2D eigenvalue weighted by molar-refractivity contribution is 5.85. The fourth-order valence-electron chi connectivity index (χ4n) is 4.03. The van der Waals surface area contributed by atoms with E-state index in [9.17, 15) is 17.6 Å². The Morgan fingerprint density at radius 2 is 1.77 bits per heavy atom. The highest BCUT2D eigenvalue weighted by atomic mass is 19.4. The maximum absolute atomic E-state index is 14.3. The van der Waals surface area contributed by atoms with Crippen LogP contribution < -0.4 is 4.74 Å². The number of ether oxygens (including phenoxy) is 1. The molecule has 0 N–H and O–H groups in total. The number of unbranched alkanes of at least 4 members (excludes halogenated alkanes) is 1. The van der Waals surface area contributed by atoms with Crippen LogP contribution in [0.3, 0.4) is 0 Å². The van der Waals surface area contributed by atoms with Gasteiger partial charge < -0.3 is 4.74 Å². The fourth-order valence-corrected chi connectivity index (χ4v) is 4.03. The lowest BCUT2D eigenvalue weighted by molar-refractivity contribution is -0.275. The van der Waals surface area contributed by atoms with Crippen LogP contribution >= 0.6 is 0 Å². The Hall–Kier alpha value is -1.78. The number of halogens is 4. The van der Waals surface area contributed by atoms with Gasteiger partial charge in [-0.05, 0) is 54.5 Å². The van der Waals surface area contributed by atoms with E-state index in [1.54, 1.807) is 6.07 Å². The number of hydrogen-bond acceptors (Lipinski definition) is 1. The van der Waals surface area contributed by atoms with Crippen molar-refractivity contribution in [3.8, 4) is 5.75 Å². The third-order valence-corrected chi connectivity index (χ3v) is 5.45. The van der Waals surface area contributed by atoms with E-state index in [2.05, 4.69) is 11.7 Å². The van der Waals surface area contributed by atoms with Gasteiger partial charge in [0.05, 0.1) is 0 Å². The van der Waals surface area contributed by atoms with Crippen LogP contribution in [0.1, 0.15) is 63.4 Å². The molecule has 0 radical (unpaired) electrons. The largest absolute Gasteiger partial charge is 0.573 e. The smallest absolute Gasteiger partial charge is 0.403 e. The van der Waals surface area contributed by atoms with E-state index in [0.717, 1.165) is 30.4 Å². The van der Waals surface area contributed by atoms with Gasteiger partial charge in [-0.25, -0.2) is 4.39 Å². The van der Waals surface area contributed by atoms with Gasteiger partial charge in [-0.3, -0.25) is 0 Å². The van der Waals surface area contributed by atoms with Crippen molar-refractivity contribution < 1.29 is 22.3 Å². The summed E-state index contributed by atoms with van der Waals surface area (Å²) in [6, 6.07) is 7.88. The summed E-state index contributed by atoms with van der Waals surface area (Å²) >= 11 is 0. The van der Waals surface area contributed by atoms with E-state index in [4.69, 9.17) is 0 Å². The first kappa shape index (κ1) is 19.0. The average Bonchev–Trinajstić information content (AvgIpc) is 2.61. The molecule has 1 nitrogen and oxygen atoms in total. The van der Waals surface area contributed by atoms with Crippen LogP contribution in [0.15, 0.2) is 30.3 Å². The molecule has 0 amide bonds. The van der Waals surface area contributed by atoms with Gasteiger partial charge in [-0.1, -0.05) is 50.5 Å². The minimum absolute atomic E-state index is 0.159. The number of fused-ring (bicyclic) bond motifs is 1. The predicted octanol–water partition coefficient (Wildman–Crippen LogP) is 7.34. The van der Waals surface area contributed by atoms with Crippen molar-refractivity contribution in [2.45, 2.75) is 64.1 Å². The van der Waals surface area contributed by atoms with Gasteiger partial charge in [0.25, 0.3) is 0 Å². The van der Waals surface area contributed by atoms with Crippen molar-refractivity contribution in [3.05, 3.63) is 41.7 Å². The molecule has 0 unspecified atom stereocenters. The van der Waals surface area contributed by atoms with Crippen LogP contribution in [0.4, 0.5) is 17.6 Å². The summed E-state index contributed by atoms with van der Waals surface area (Å²) in [6.45, 7) is 2.21. The zero-order valence-electron chi connectivity index (χ0n) is 14.9. The van der Waals surface area contributed by atoms with Crippen molar-refractivity contribution in [2.24, 2.45) is 5.92 Å². The van der Waals surface area contributed by atoms with Gasteiger partial charge in [-0.2, -0.15) is 0 Å². The van der Waals surface area contributed by atoms with E-state index in [0.29, 0.717) is 11.3 Å². The summed E-state index contributed by atoms with van der Waals surface area (Å²) in [7, 11) is 0. The molecule has 0 atom stereocenters. The zero-order chi connectivity index (χ0) is 18.7. The molecule has 142 valence electrons. The molecule has 2 aromatic carbocycles. The molecule has 1 aliphatic carbocycles. The highest BCUT2D eigenvalue weighted by Gasteiger charge is 2.32. The van der Waals surface area contributed by atoms with Gasteiger partial charge in [0, 0.05) is 5.39 Å². The second-order valence-corrected chi connectivity index (χ2v) is 7.27. The van der Waals surface area contributed by atoms with E-state index in [1.165, 1.54) is 38.2 Å². The third kappa shape index (κ3) is 4.49. The van der Waals surface area contributed by atoms with Crippen LogP contribution in [0.2, 0.25) is 0 Å². The molecule has 0 aromatic heterocycles. The van der Waals surface area contributed by atoms with Gasteiger partial charge in [0.15, 0.2) is 11.6 Å². The zero-order valence-corrected chi connectivity index (χ0v) is 14.9. The van der Waals surface area contributed by atoms with Crippen molar-refractivity contribution in [2.75, 3.05) is 0 Å². The van der Waals surface area contributed by atoms with Gasteiger partial charge in [0.2, 0.25) is 0 Å². The molecule has 0 saturated heterocycles. The molecule has 0 heterocycles. The third-order valence-electron chi connectivity index (χ3n) is 5.45. The molecular weight excluding hydrogens is 344 g/mol. The molecule has 3 rings (SSSR count). The number of rotatable bonds is 5. The lowest BCUT2D eigenvalue weighted by atomic mass is 9.77. The topological polar surface area (TPSA) is 9.23 Å². The summed E-state index contributed by atoms with van der Waals surface area (Å²) in [5.74, 6) is -0.485. The summed E-state index contributed by atoms with van der Waals surface area (Å²) in [5.41, 5.74) is 1.15. The maximum Gasteiger partial charge on any atom is 0.573 e. The van der Waals surface area contributed by atoms with Gasteiger partial charge >= 0.3 is 6.36 Å². The van der Waals surface area contributed by atoms with E-state index >= 15 is 0 Å². The normalized spacial score (nSPS) is 21.1.